The van der Waals surface area contributed by atoms with E-state index in [1.807, 2.05) is 38.1 Å². The van der Waals surface area contributed by atoms with Gasteiger partial charge in [-0.3, -0.25) is 0 Å². The van der Waals surface area contributed by atoms with Gasteiger partial charge in [0.25, 0.3) is 0 Å². The molecule has 1 N–H and O–H groups in total. The van der Waals surface area contributed by atoms with E-state index in [9.17, 15) is 5.11 Å². The largest absolute Gasteiger partial charge is 0.488 e. The van der Waals surface area contributed by atoms with Crippen LogP contribution in [0.25, 0.3) is 0 Å². The third-order valence-electron chi connectivity index (χ3n) is 2.72. The molecule has 0 heterocycles. The Hall–Kier alpha value is -1.02. The molecular weight excluding hydrogens is 200 g/mol. The van der Waals surface area contributed by atoms with Gasteiger partial charge in [-0.1, -0.05) is 38.0 Å². The Morgan fingerprint density at radius 2 is 1.81 bits per heavy atom. The summed E-state index contributed by atoms with van der Waals surface area (Å²) < 4.78 is 5.78. The van der Waals surface area contributed by atoms with Gasteiger partial charge in [0.2, 0.25) is 0 Å². The molecule has 90 valence electrons. The maximum absolute atomic E-state index is 9.90. The van der Waals surface area contributed by atoms with Crippen LogP contribution >= 0.6 is 0 Å². The Kier molecular flexibility index (Phi) is 5.33. The molecule has 0 fully saturated rings. The van der Waals surface area contributed by atoms with Crippen molar-refractivity contribution < 1.29 is 9.84 Å². The normalized spacial score (nSPS) is 14.5. The fraction of sp³-hybridized carbons (Fsp3) is 0.571. The van der Waals surface area contributed by atoms with Crippen LogP contribution in [0.1, 0.15) is 38.7 Å². The quantitative estimate of drug-likeness (QED) is 0.800. The lowest BCUT2D eigenvalue weighted by molar-refractivity contribution is 0.0284. The number of hydrogen-bond acceptors (Lipinski definition) is 2. The summed E-state index contributed by atoms with van der Waals surface area (Å²) in [7, 11) is 0. The number of aryl methyl sites for hydroxylation is 1. The number of rotatable bonds is 6. The van der Waals surface area contributed by atoms with Gasteiger partial charge in [0.15, 0.2) is 0 Å². The van der Waals surface area contributed by atoms with Crippen LogP contribution in [0.15, 0.2) is 24.3 Å². The molecule has 0 saturated heterocycles. The lowest BCUT2D eigenvalue weighted by Gasteiger charge is -2.22. The average molecular weight is 222 g/mol. The zero-order chi connectivity index (χ0) is 12.0. The van der Waals surface area contributed by atoms with Crippen molar-refractivity contribution in [2.24, 2.45) is 0 Å². The highest BCUT2D eigenvalue weighted by atomic mass is 16.5. The van der Waals surface area contributed by atoms with Gasteiger partial charge >= 0.3 is 0 Å². The minimum Gasteiger partial charge on any atom is -0.488 e. The van der Waals surface area contributed by atoms with Crippen LogP contribution < -0.4 is 4.74 Å². The van der Waals surface area contributed by atoms with Crippen LogP contribution in [0.5, 0.6) is 5.75 Å². The molecule has 1 rings (SSSR count). The van der Waals surface area contributed by atoms with Crippen molar-refractivity contribution in [1.29, 1.82) is 0 Å². The van der Waals surface area contributed by atoms with E-state index in [2.05, 4.69) is 6.92 Å². The van der Waals surface area contributed by atoms with Crippen molar-refractivity contribution in [1.82, 2.24) is 0 Å². The molecule has 0 aliphatic heterocycles. The van der Waals surface area contributed by atoms with Crippen LogP contribution in [0.2, 0.25) is 0 Å². The number of ether oxygens (including phenoxy) is 1. The first-order chi connectivity index (χ1) is 7.67. The second-order valence-electron chi connectivity index (χ2n) is 4.23. The minimum atomic E-state index is -0.365. The van der Waals surface area contributed by atoms with Gasteiger partial charge < -0.3 is 9.84 Å². The molecule has 0 amide bonds. The van der Waals surface area contributed by atoms with Gasteiger partial charge in [0, 0.05) is 0 Å². The maximum Gasteiger partial charge on any atom is 0.124 e. The summed E-state index contributed by atoms with van der Waals surface area (Å²) in [6.45, 7) is 6.16. The summed E-state index contributed by atoms with van der Waals surface area (Å²) in [6, 6.07) is 7.95. The second kappa shape index (κ2) is 6.54. The summed E-state index contributed by atoms with van der Waals surface area (Å²) in [4.78, 5) is 0. The molecule has 0 aromatic heterocycles. The van der Waals surface area contributed by atoms with E-state index in [0.29, 0.717) is 0 Å². The van der Waals surface area contributed by atoms with Crippen molar-refractivity contribution in [3.8, 4) is 5.75 Å². The average Bonchev–Trinajstić information content (AvgIpc) is 2.28. The Balaban J connectivity index is 2.59. The topological polar surface area (TPSA) is 29.5 Å². The van der Waals surface area contributed by atoms with E-state index in [4.69, 9.17) is 4.74 Å². The standard InChI is InChI=1S/C14H22O2/c1-4-6-13(15)14(5-2)16-12-9-7-11(3)8-10-12/h7-10,13-15H,4-6H2,1-3H3. The molecule has 1 aromatic rings. The molecule has 2 unspecified atom stereocenters. The lowest BCUT2D eigenvalue weighted by Crippen LogP contribution is -2.30. The highest BCUT2D eigenvalue weighted by Gasteiger charge is 2.17. The van der Waals surface area contributed by atoms with Gasteiger partial charge in [0.1, 0.15) is 11.9 Å². The van der Waals surface area contributed by atoms with Gasteiger partial charge in [-0.25, -0.2) is 0 Å². The molecule has 16 heavy (non-hydrogen) atoms. The molecule has 0 spiro atoms. The molecular formula is C14H22O2. The molecule has 0 aliphatic carbocycles. The van der Waals surface area contributed by atoms with Crippen molar-refractivity contribution >= 4 is 0 Å². The molecule has 0 saturated carbocycles. The summed E-state index contributed by atoms with van der Waals surface area (Å²) >= 11 is 0. The number of hydrogen-bond donors (Lipinski definition) is 1. The van der Waals surface area contributed by atoms with Gasteiger partial charge in [0.05, 0.1) is 6.10 Å². The van der Waals surface area contributed by atoms with Crippen molar-refractivity contribution in [3.63, 3.8) is 0 Å². The predicted molar refractivity (Wildman–Crippen MR) is 66.8 cm³/mol. The van der Waals surface area contributed by atoms with Crippen LogP contribution in [0.4, 0.5) is 0 Å². The van der Waals surface area contributed by atoms with Crippen LogP contribution in [0, 0.1) is 6.92 Å². The SMILES string of the molecule is CCCC(O)C(CC)Oc1ccc(C)cc1. The molecule has 0 radical (unpaired) electrons. The zero-order valence-electron chi connectivity index (χ0n) is 10.4. The predicted octanol–water partition coefficient (Wildman–Crippen LogP) is 3.31. The Morgan fingerprint density at radius 3 is 2.31 bits per heavy atom. The van der Waals surface area contributed by atoms with Crippen molar-refractivity contribution in [2.75, 3.05) is 0 Å². The number of aliphatic hydroxyl groups excluding tert-OH is 1. The summed E-state index contributed by atoms with van der Waals surface area (Å²) in [5.41, 5.74) is 1.22. The minimum absolute atomic E-state index is 0.0948. The number of aliphatic hydroxyl groups is 1. The summed E-state index contributed by atoms with van der Waals surface area (Å²) in [5.74, 6) is 0.840. The summed E-state index contributed by atoms with van der Waals surface area (Å²) in [5, 5.41) is 9.90. The van der Waals surface area contributed by atoms with Crippen molar-refractivity contribution in [2.45, 2.75) is 52.2 Å². The first kappa shape index (κ1) is 13.0. The second-order valence-corrected chi connectivity index (χ2v) is 4.23. The van der Waals surface area contributed by atoms with E-state index in [-0.39, 0.29) is 12.2 Å². The van der Waals surface area contributed by atoms with Crippen LogP contribution in [-0.4, -0.2) is 17.3 Å². The van der Waals surface area contributed by atoms with E-state index in [0.717, 1.165) is 25.0 Å². The fourth-order valence-electron chi connectivity index (χ4n) is 1.71. The fourth-order valence-corrected chi connectivity index (χ4v) is 1.71. The molecule has 0 bridgehead atoms. The third-order valence-corrected chi connectivity index (χ3v) is 2.72. The zero-order valence-corrected chi connectivity index (χ0v) is 10.4. The van der Waals surface area contributed by atoms with Crippen molar-refractivity contribution in [3.05, 3.63) is 29.8 Å². The first-order valence-electron chi connectivity index (χ1n) is 6.08. The van der Waals surface area contributed by atoms with E-state index < -0.39 is 0 Å². The lowest BCUT2D eigenvalue weighted by atomic mass is 10.1. The highest BCUT2D eigenvalue weighted by molar-refractivity contribution is 5.26. The Labute approximate surface area is 98.3 Å². The molecule has 0 aliphatic rings. The van der Waals surface area contributed by atoms with Crippen LogP contribution in [0.3, 0.4) is 0 Å². The Bertz CT molecular complexity index is 292. The van der Waals surface area contributed by atoms with E-state index in [1.54, 1.807) is 0 Å². The monoisotopic (exact) mass is 222 g/mol. The van der Waals surface area contributed by atoms with E-state index in [1.165, 1.54) is 5.56 Å². The number of benzene rings is 1. The Morgan fingerprint density at radius 1 is 1.19 bits per heavy atom. The molecule has 1 aromatic carbocycles. The van der Waals surface area contributed by atoms with Gasteiger partial charge in [-0.05, 0) is 31.9 Å². The molecule has 2 nitrogen and oxygen atoms in total. The third kappa shape index (κ3) is 3.86. The van der Waals surface area contributed by atoms with Gasteiger partial charge in [-0.2, -0.15) is 0 Å². The maximum atomic E-state index is 9.90. The molecule has 2 heteroatoms. The van der Waals surface area contributed by atoms with E-state index >= 15 is 0 Å². The summed E-state index contributed by atoms with van der Waals surface area (Å²) in [6.07, 6.45) is 2.15. The van der Waals surface area contributed by atoms with Crippen LogP contribution in [-0.2, 0) is 0 Å². The van der Waals surface area contributed by atoms with Gasteiger partial charge in [-0.15, -0.1) is 0 Å². The highest BCUT2D eigenvalue weighted by Crippen LogP contribution is 2.17. The first-order valence-corrected chi connectivity index (χ1v) is 6.08. The smallest absolute Gasteiger partial charge is 0.124 e. The molecule has 2 atom stereocenters.